The highest BCUT2D eigenvalue weighted by molar-refractivity contribution is 9.10. The third-order valence-electron chi connectivity index (χ3n) is 2.59. The van der Waals surface area contributed by atoms with Crippen LogP contribution in [0.25, 0.3) is 22.5 Å². The van der Waals surface area contributed by atoms with Crippen molar-refractivity contribution in [2.45, 2.75) is 6.92 Å². The molecule has 2 aromatic heterocycles. The Morgan fingerprint density at radius 2 is 2.25 bits per heavy atom. The van der Waals surface area contributed by atoms with Gasteiger partial charge in [-0.15, -0.1) is 10.2 Å². The van der Waals surface area contributed by atoms with E-state index in [1.54, 1.807) is 0 Å². The largest absolute Gasteiger partial charge is 0.422 e. The molecular formula is C11H8BrN3O. The zero-order chi connectivity index (χ0) is 11.1. The molecule has 0 radical (unpaired) electrons. The Kier molecular flexibility index (Phi) is 2.07. The molecule has 0 saturated heterocycles. The topological polar surface area (TPSA) is 54.7 Å². The molecule has 0 aliphatic heterocycles. The van der Waals surface area contributed by atoms with E-state index in [4.69, 9.17) is 4.42 Å². The average Bonchev–Trinajstić information content (AvgIpc) is 2.87. The van der Waals surface area contributed by atoms with Crippen molar-refractivity contribution in [3.63, 3.8) is 0 Å². The summed E-state index contributed by atoms with van der Waals surface area (Å²) in [5, 5.41) is 8.74. The Hall–Kier alpha value is -1.62. The van der Waals surface area contributed by atoms with Crippen molar-refractivity contribution in [3.8, 4) is 11.6 Å². The van der Waals surface area contributed by atoms with Crippen LogP contribution in [0.3, 0.4) is 0 Å². The highest BCUT2D eigenvalue weighted by atomic mass is 79.9. The van der Waals surface area contributed by atoms with Gasteiger partial charge in [-0.1, -0.05) is 15.9 Å². The van der Waals surface area contributed by atoms with E-state index in [-0.39, 0.29) is 0 Å². The quantitative estimate of drug-likeness (QED) is 0.743. The van der Waals surface area contributed by atoms with E-state index in [1.165, 1.54) is 6.39 Å². The van der Waals surface area contributed by atoms with Crippen molar-refractivity contribution < 1.29 is 4.42 Å². The number of aromatic amines is 1. The molecule has 3 rings (SSSR count). The summed E-state index contributed by atoms with van der Waals surface area (Å²) in [6.07, 6.45) is 1.33. The van der Waals surface area contributed by atoms with Crippen molar-refractivity contribution in [1.29, 1.82) is 0 Å². The lowest BCUT2D eigenvalue weighted by Gasteiger charge is -1.92. The molecule has 0 bridgehead atoms. The third-order valence-corrected chi connectivity index (χ3v) is 3.09. The number of halogens is 1. The van der Waals surface area contributed by atoms with Crippen LogP contribution in [0.2, 0.25) is 0 Å². The summed E-state index contributed by atoms with van der Waals surface area (Å²) >= 11 is 3.46. The van der Waals surface area contributed by atoms with Crippen LogP contribution in [0.1, 0.15) is 5.56 Å². The Morgan fingerprint density at radius 1 is 1.38 bits per heavy atom. The summed E-state index contributed by atoms with van der Waals surface area (Å²) < 4.78 is 6.25. The first-order valence-corrected chi connectivity index (χ1v) is 5.59. The molecule has 4 nitrogen and oxygen atoms in total. The lowest BCUT2D eigenvalue weighted by atomic mass is 10.1. The molecule has 80 valence electrons. The second-order valence-corrected chi connectivity index (χ2v) is 4.47. The van der Waals surface area contributed by atoms with Gasteiger partial charge in [-0.05, 0) is 30.7 Å². The summed E-state index contributed by atoms with van der Waals surface area (Å²) in [4.78, 5) is 3.28. The van der Waals surface area contributed by atoms with Crippen LogP contribution in [-0.2, 0) is 0 Å². The maximum absolute atomic E-state index is 5.19. The molecule has 1 aromatic carbocycles. The fourth-order valence-electron chi connectivity index (χ4n) is 1.79. The molecule has 2 heterocycles. The Morgan fingerprint density at radius 3 is 3.00 bits per heavy atom. The molecule has 0 aliphatic rings. The van der Waals surface area contributed by atoms with Crippen molar-refractivity contribution in [3.05, 3.63) is 34.6 Å². The van der Waals surface area contributed by atoms with Crippen molar-refractivity contribution in [2.24, 2.45) is 0 Å². The number of benzene rings is 1. The van der Waals surface area contributed by atoms with Crippen LogP contribution >= 0.6 is 15.9 Å². The van der Waals surface area contributed by atoms with Gasteiger partial charge < -0.3 is 9.40 Å². The first-order valence-electron chi connectivity index (χ1n) is 4.80. The van der Waals surface area contributed by atoms with Crippen LogP contribution in [-0.4, -0.2) is 15.2 Å². The van der Waals surface area contributed by atoms with Crippen LogP contribution in [0.5, 0.6) is 0 Å². The highest BCUT2D eigenvalue weighted by Gasteiger charge is 2.13. The van der Waals surface area contributed by atoms with Gasteiger partial charge in [0.05, 0.1) is 0 Å². The summed E-state index contributed by atoms with van der Waals surface area (Å²) in [6, 6.07) is 6.09. The second-order valence-electron chi connectivity index (χ2n) is 3.56. The average molecular weight is 278 g/mol. The minimum absolute atomic E-state index is 0.518. The Balaban J connectivity index is 2.32. The minimum atomic E-state index is 0.518. The molecule has 0 atom stereocenters. The Labute approximate surface area is 99.8 Å². The van der Waals surface area contributed by atoms with Crippen molar-refractivity contribution in [1.82, 2.24) is 15.2 Å². The summed E-state index contributed by atoms with van der Waals surface area (Å²) in [5.41, 5.74) is 3.06. The van der Waals surface area contributed by atoms with Crippen LogP contribution < -0.4 is 0 Å². The number of fused-ring (bicyclic) bond motifs is 1. The lowest BCUT2D eigenvalue weighted by molar-refractivity contribution is 0.566. The number of hydrogen-bond acceptors (Lipinski definition) is 3. The number of H-pyrrole nitrogens is 1. The zero-order valence-corrected chi connectivity index (χ0v) is 10.1. The predicted octanol–water partition coefficient (Wildman–Crippen LogP) is 3.29. The summed E-state index contributed by atoms with van der Waals surface area (Å²) in [6.45, 7) is 2.03. The highest BCUT2D eigenvalue weighted by Crippen LogP contribution is 2.29. The normalized spacial score (nSPS) is 11.1. The van der Waals surface area contributed by atoms with E-state index in [9.17, 15) is 0 Å². The second kappa shape index (κ2) is 3.45. The smallest absolute Gasteiger partial charge is 0.264 e. The van der Waals surface area contributed by atoms with Gasteiger partial charge in [0.1, 0.15) is 5.69 Å². The number of nitrogens with zero attached hydrogens (tertiary/aromatic N) is 2. The van der Waals surface area contributed by atoms with E-state index in [2.05, 4.69) is 37.2 Å². The van der Waals surface area contributed by atoms with E-state index < -0.39 is 0 Å². The molecular weight excluding hydrogens is 270 g/mol. The molecule has 0 aliphatic carbocycles. The van der Waals surface area contributed by atoms with Gasteiger partial charge in [-0.3, -0.25) is 0 Å². The van der Waals surface area contributed by atoms with Crippen LogP contribution in [0.4, 0.5) is 0 Å². The number of aryl methyl sites for hydroxylation is 1. The summed E-state index contributed by atoms with van der Waals surface area (Å²) in [5.74, 6) is 0.518. The summed E-state index contributed by atoms with van der Waals surface area (Å²) in [7, 11) is 0. The molecule has 1 N–H and O–H groups in total. The molecule has 0 spiro atoms. The first-order chi connectivity index (χ1) is 7.75. The fourth-order valence-corrected chi connectivity index (χ4v) is 2.16. The minimum Gasteiger partial charge on any atom is -0.422 e. The van der Waals surface area contributed by atoms with Gasteiger partial charge in [0.2, 0.25) is 6.39 Å². The first kappa shape index (κ1) is 9.59. The van der Waals surface area contributed by atoms with Crippen LogP contribution in [0, 0.1) is 6.92 Å². The Bertz CT molecular complexity index is 643. The van der Waals surface area contributed by atoms with E-state index in [1.807, 2.05) is 19.1 Å². The molecule has 0 unspecified atom stereocenters. The molecule has 0 fully saturated rings. The fraction of sp³-hybridized carbons (Fsp3) is 0.0909. The molecule has 16 heavy (non-hydrogen) atoms. The van der Waals surface area contributed by atoms with Crippen molar-refractivity contribution in [2.75, 3.05) is 0 Å². The maximum atomic E-state index is 5.19. The maximum Gasteiger partial charge on any atom is 0.264 e. The standard InChI is InChI=1S/C11H8BrN3O/c1-6-8-4-7(12)2-3-9(8)14-10(6)11-15-13-5-16-11/h2-5,14H,1H3. The lowest BCUT2D eigenvalue weighted by Crippen LogP contribution is -1.80. The van der Waals surface area contributed by atoms with E-state index in [0.717, 1.165) is 26.6 Å². The van der Waals surface area contributed by atoms with Crippen molar-refractivity contribution >= 4 is 26.8 Å². The van der Waals surface area contributed by atoms with Crippen LogP contribution in [0.15, 0.2) is 33.5 Å². The monoisotopic (exact) mass is 277 g/mol. The van der Waals surface area contributed by atoms with Gasteiger partial charge in [0.25, 0.3) is 5.89 Å². The molecule has 5 heteroatoms. The number of aromatic nitrogens is 3. The van der Waals surface area contributed by atoms with Gasteiger partial charge >= 0.3 is 0 Å². The number of hydrogen-bond donors (Lipinski definition) is 1. The van der Waals surface area contributed by atoms with Gasteiger partial charge in [0.15, 0.2) is 0 Å². The number of nitrogens with one attached hydrogen (secondary N) is 1. The SMILES string of the molecule is Cc1c(-c2nnco2)[nH]c2ccc(Br)cc12. The van der Waals surface area contributed by atoms with Gasteiger partial charge in [-0.2, -0.15) is 0 Å². The van der Waals surface area contributed by atoms with Gasteiger partial charge in [0, 0.05) is 15.4 Å². The molecule has 0 amide bonds. The zero-order valence-electron chi connectivity index (χ0n) is 8.49. The van der Waals surface area contributed by atoms with E-state index >= 15 is 0 Å². The predicted molar refractivity (Wildman–Crippen MR) is 64.0 cm³/mol. The number of rotatable bonds is 1. The van der Waals surface area contributed by atoms with E-state index in [0.29, 0.717) is 5.89 Å². The molecule has 0 saturated carbocycles. The van der Waals surface area contributed by atoms with Gasteiger partial charge in [-0.25, -0.2) is 0 Å². The third kappa shape index (κ3) is 1.36. The molecule has 3 aromatic rings.